The standard InChI is InChI=1S/C17H24N2O2.ClH/c20-17(19-9-11-21-12-10-19)16-3-1-14(2-4-16)13-15-5-7-18-8-6-15;/h1-4,15,18H,5-13H2;1H. The molecule has 22 heavy (non-hydrogen) atoms. The summed E-state index contributed by atoms with van der Waals surface area (Å²) in [7, 11) is 0. The van der Waals surface area contributed by atoms with Gasteiger partial charge in [0.05, 0.1) is 13.2 Å². The number of benzene rings is 1. The quantitative estimate of drug-likeness (QED) is 0.926. The van der Waals surface area contributed by atoms with E-state index in [-0.39, 0.29) is 18.3 Å². The second-order valence-electron chi connectivity index (χ2n) is 6.00. The van der Waals surface area contributed by atoms with Crippen LogP contribution in [-0.4, -0.2) is 50.2 Å². The normalized spacial score (nSPS) is 19.5. The van der Waals surface area contributed by atoms with Crippen molar-refractivity contribution in [3.8, 4) is 0 Å². The van der Waals surface area contributed by atoms with Gasteiger partial charge in [-0.05, 0) is 56.0 Å². The van der Waals surface area contributed by atoms with Crippen LogP contribution >= 0.6 is 12.4 Å². The van der Waals surface area contributed by atoms with Gasteiger partial charge in [0, 0.05) is 18.7 Å². The molecule has 5 heteroatoms. The molecule has 0 spiro atoms. The highest BCUT2D eigenvalue weighted by molar-refractivity contribution is 5.94. The van der Waals surface area contributed by atoms with Crippen molar-refractivity contribution >= 4 is 18.3 Å². The molecule has 1 aromatic rings. The number of ether oxygens (including phenoxy) is 1. The van der Waals surface area contributed by atoms with Gasteiger partial charge >= 0.3 is 0 Å². The summed E-state index contributed by atoms with van der Waals surface area (Å²) in [6, 6.07) is 8.20. The number of carbonyl (C=O) groups excluding carboxylic acids is 1. The predicted molar refractivity (Wildman–Crippen MR) is 89.7 cm³/mol. The highest BCUT2D eigenvalue weighted by Gasteiger charge is 2.18. The number of hydrogen-bond acceptors (Lipinski definition) is 3. The van der Waals surface area contributed by atoms with Crippen LogP contribution in [0.1, 0.15) is 28.8 Å². The van der Waals surface area contributed by atoms with Gasteiger partial charge in [0.15, 0.2) is 0 Å². The molecule has 2 fully saturated rings. The fraction of sp³-hybridized carbons (Fsp3) is 0.588. The summed E-state index contributed by atoms with van der Waals surface area (Å²) < 4.78 is 5.29. The van der Waals surface area contributed by atoms with Gasteiger partial charge in [-0.2, -0.15) is 0 Å². The van der Waals surface area contributed by atoms with Gasteiger partial charge in [0.25, 0.3) is 5.91 Å². The van der Waals surface area contributed by atoms with Gasteiger partial charge in [0.2, 0.25) is 0 Å². The van der Waals surface area contributed by atoms with E-state index in [4.69, 9.17) is 4.74 Å². The maximum Gasteiger partial charge on any atom is 0.254 e. The molecule has 0 saturated carbocycles. The van der Waals surface area contributed by atoms with E-state index < -0.39 is 0 Å². The summed E-state index contributed by atoms with van der Waals surface area (Å²) in [5.41, 5.74) is 2.14. The van der Waals surface area contributed by atoms with Crippen LogP contribution in [0, 0.1) is 5.92 Å². The highest BCUT2D eigenvalue weighted by atomic mass is 35.5. The van der Waals surface area contributed by atoms with Crippen molar-refractivity contribution in [2.24, 2.45) is 5.92 Å². The predicted octanol–water partition coefficient (Wildman–Crippen LogP) is 2.12. The van der Waals surface area contributed by atoms with Crippen molar-refractivity contribution in [3.63, 3.8) is 0 Å². The summed E-state index contributed by atoms with van der Waals surface area (Å²) in [5.74, 6) is 0.916. The first-order valence-electron chi connectivity index (χ1n) is 7.99. The van der Waals surface area contributed by atoms with Gasteiger partial charge in [0.1, 0.15) is 0 Å². The van der Waals surface area contributed by atoms with Crippen LogP contribution in [0.5, 0.6) is 0 Å². The SMILES string of the molecule is Cl.O=C(c1ccc(CC2CCNCC2)cc1)N1CCOCC1. The van der Waals surface area contributed by atoms with E-state index in [1.165, 1.54) is 18.4 Å². The Bertz CT molecular complexity index is 466. The first kappa shape index (κ1) is 17.3. The zero-order chi connectivity index (χ0) is 14.5. The van der Waals surface area contributed by atoms with Crippen molar-refractivity contribution in [3.05, 3.63) is 35.4 Å². The Hall–Kier alpha value is -1.10. The summed E-state index contributed by atoms with van der Waals surface area (Å²) >= 11 is 0. The number of halogens is 1. The number of piperidine rings is 1. The Morgan fingerprint density at radius 2 is 1.77 bits per heavy atom. The first-order chi connectivity index (χ1) is 10.3. The van der Waals surface area contributed by atoms with Crippen molar-refractivity contribution in [1.82, 2.24) is 10.2 Å². The van der Waals surface area contributed by atoms with Gasteiger partial charge in [-0.1, -0.05) is 12.1 Å². The Morgan fingerprint density at radius 3 is 2.41 bits per heavy atom. The fourth-order valence-corrected chi connectivity index (χ4v) is 3.15. The van der Waals surface area contributed by atoms with Crippen molar-refractivity contribution in [1.29, 1.82) is 0 Å². The minimum atomic E-state index is 0. The lowest BCUT2D eigenvalue weighted by atomic mass is 9.91. The van der Waals surface area contributed by atoms with Crippen molar-refractivity contribution in [2.75, 3.05) is 39.4 Å². The van der Waals surface area contributed by atoms with Gasteiger partial charge < -0.3 is 15.0 Å². The molecule has 1 N–H and O–H groups in total. The maximum absolute atomic E-state index is 12.4. The molecule has 2 heterocycles. The van der Waals surface area contributed by atoms with Crippen molar-refractivity contribution < 1.29 is 9.53 Å². The smallest absolute Gasteiger partial charge is 0.254 e. The van der Waals surface area contributed by atoms with Crippen LogP contribution in [0.2, 0.25) is 0 Å². The van der Waals surface area contributed by atoms with E-state index in [1.54, 1.807) is 0 Å². The summed E-state index contributed by atoms with van der Waals surface area (Å²) in [6.45, 7) is 4.99. The molecule has 1 aromatic carbocycles. The number of hydrogen-bond donors (Lipinski definition) is 1. The molecule has 2 aliphatic heterocycles. The molecular weight excluding hydrogens is 300 g/mol. The molecule has 0 unspecified atom stereocenters. The summed E-state index contributed by atoms with van der Waals surface area (Å²) in [5, 5.41) is 3.40. The summed E-state index contributed by atoms with van der Waals surface area (Å²) in [4.78, 5) is 14.2. The highest BCUT2D eigenvalue weighted by Crippen LogP contribution is 2.19. The minimum Gasteiger partial charge on any atom is -0.378 e. The minimum absolute atomic E-state index is 0. The molecule has 1 amide bonds. The lowest BCUT2D eigenvalue weighted by Crippen LogP contribution is -2.40. The van der Waals surface area contributed by atoms with E-state index in [0.717, 1.165) is 31.0 Å². The number of amides is 1. The van der Waals surface area contributed by atoms with Crippen LogP contribution < -0.4 is 5.32 Å². The average molecular weight is 325 g/mol. The number of nitrogens with one attached hydrogen (secondary N) is 1. The van der Waals surface area contributed by atoms with Gasteiger partial charge in [-0.15, -0.1) is 12.4 Å². The lowest BCUT2D eigenvalue weighted by Gasteiger charge is -2.27. The summed E-state index contributed by atoms with van der Waals surface area (Å²) in [6.07, 6.45) is 3.65. The van der Waals surface area contributed by atoms with E-state index >= 15 is 0 Å². The van der Waals surface area contributed by atoms with Gasteiger partial charge in [-0.3, -0.25) is 4.79 Å². The second kappa shape index (κ2) is 8.51. The maximum atomic E-state index is 12.4. The van der Waals surface area contributed by atoms with E-state index in [9.17, 15) is 4.79 Å². The van der Waals surface area contributed by atoms with Gasteiger partial charge in [-0.25, -0.2) is 0 Å². The number of rotatable bonds is 3. The number of carbonyl (C=O) groups is 1. The third-order valence-electron chi connectivity index (χ3n) is 4.48. The molecule has 2 aliphatic rings. The Balaban J connectivity index is 0.00000176. The van der Waals surface area contributed by atoms with Crippen LogP contribution in [0.15, 0.2) is 24.3 Å². The Kier molecular flexibility index (Phi) is 6.68. The Labute approximate surface area is 138 Å². The molecule has 4 nitrogen and oxygen atoms in total. The molecular formula is C17H25ClN2O2. The topological polar surface area (TPSA) is 41.6 Å². The lowest BCUT2D eigenvalue weighted by molar-refractivity contribution is 0.0303. The van der Waals surface area contributed by atoms with Crippen LogP contribution in [0.4, 0.5) is 0 Å². The monoisotopic (exact) mass is 324 g/mol. The second-order valence-corrected chi connectivity index (χ2v) is 6.00. The first-order valence-corrected chi connectivity index (χ1v) is 7.99. The zero-order valence-electron chi connectivity index (χ0n) is 12.9. The van der Waals surface area contributed by atoms with Crippen molar-refractivity contribution in [2.45, 2.75) is 19.3 Å². The average Bonchev–Trinajstić information content (AvgIpc) is 2.57. The van der Waals surface area contributed by atoms with E-state index in [0.29, 0.717) is 26.3 Å². The molecule has 0 aromatic heterocycles. The van der Waals surface area contributed by atoms with Crippen LogP contribution in [0.25, 0.3) is 0 Å². The fourth-order valence-electron chi connectivity index (χ4n) is 3.15. The molecule has 122 valence electrons. The Morgan fingerprint density at radius 1 is 1.14 bits per heavy atom. The van der Waals surface area contributed by atoms with E-state index in [1.807, 2.05) is 17.0 Å². The molecule has 0 aliphatic carbocycles. The molecule has 2 saturated heterocycles. The zero-order valence-corrected chi connectivity index (χ0v) is 13.7. The van der Waals surface area contributed by atoms with Crippen LogP contribution in [0.3, 0.4) is 0 Å². The molecule has 0 bridgehead atoms. The largest absolute Gasteiger partial charge is 0.378 e. The third-order valence-corrected chi connectivity index (χ3v) is 4.48. The molecule has 0 radical (unpaired) electrons. The third kappa shape index (κ3) is 4.45. The van der Waals surface area contributed by atoms with E-state index in [2.05, 4.69) is 17.4 Å². The molecule has 3 rings (SSSR count). The van der Waals surface area contributed by atoms with Crippen LogP contribution in [-0.2, 0) is 11.2 Å². The number of morpholine rings is 1. The number of nitrogens with zero attached hydrogens (tertiary/aromatic N) is 1. The molecule has 0 atom stereocenters.